The Morgan fingerprint density at radius 2 is 2.12 bits per heavy atom. The van der Waals surface area contributed by atoms with Gasteiger partial charge in [0.05, 0.1) is 12.3 Å². The molecule has 0 radical (unpaired) electrons. The second kappa shape index (κ2) is 9.93. The molecule has 2 aromatic heterocycles. The lowest BCUT2D eigenvalue weighted by Gasteiger charge is -2.11. The summed E-state index contributed by atoms with van der Waals surface area (Å²) in [4.78, 5) is 4.14. The Bertz CT molecular complexity index is 704. The van der Waals surface area contributed by atoms with Gasteiger partial charge in [0.15, 0.2) is 0 Å². The van der Waals surface area contributed by atoms with E-state index < -0.39 is 12.2 Å². The molecule has 0 aliphatic heterocycles. The minimum absolute atomic E-state index is 0.203. The second-order valence-electron chi connectivity index (χ2n) is 5.57. The van der Waals surface area contributed by atoms with E-state index in [0.29, 0.717) is 36.7 Å². The van der Waals surface area contributed by atoms with Crippen molar-refractivity contribution in [2.45, 2.75) is 31.7 Å². The maximum absolute atomic E-state index is 10.3. The summed E-state index contributed by atoms with van der Waals surface area (Å²) in [6.45, 7) is 0.123. The third kappa shape index (κ3) is 5.98. The van der Waals surface area contributed by atoms with Crippen LogP contribution in [0.25, 0.3) is 0 Å². The standard InChI is InChI=1S/C19H23NO5/c1-24-13-14(11-18(23)16-6-2-3-10-20-16)5-4-7-17(22)19-9-8-15(12-21)25-19/h2-4,6,8-10,17-18,21-23H,7,11-13H2,1H3/t5?,17-,18-/m1/s1. The van der Waals surface area contributed by atoms with Crippen molar-refractivity contribution in [1.82, 2.24) is 4.98 Å². The Morgan fingerprint density at radius 3 is 2.76 bits per heavy atom. The zero-order valence-corrected chi connectivity index (χ0v) is 14.1. The minimum Gasteiger partial charge on any atom is -0.461 e. The van der Waals surface area contributed by atoms with E-state index in [0.717, 1.165) is 5.57 Å². The Kier molecular flexibility index (Phi) is 7.60. The van der Waals surface area contributed by atoms with Crippen LogP contribution in [0.1, 0.15) is 42.3 Å². The summed E-state index contributed by atoms with van der Waals surface area (Å²) >= 11 is 0. The van der Waals surface area contributed by atoms with Gasteiger partial charge < -0.3 is 24.5 Å². The molecule has 6 nitrogen and oxygen atoms in total. The topological polar surface area (TPSA) is 96.0 Å². The molecule has 2 aromatic rings. The summed E-state index contributed by atoms with van der Waals surface area (Å²) < 4.78 is 10.4. The van der Waals surface area contributed by atoms with Gasteiger partial charge in [-0.2, -0.15) is 0 Å². The van der Waals surface area contributed by atoms with Crippen LogP contribution in [-0.4, -0.2) is 34.0 Å². The van der Waals surface area contributed by atoms with E-state index in [1.54, 1.807) is 43.6 Å². The number of furan rings is 1. The first-order chi connectivity index (χ1) is 12.1. The summed E-state index contributed by atoms with van der Waals surface area (Å²) in [5.74, 6) is 0.802. The van der Waals surface area contributed by atoms with E-state index in [4.69, 9.17) is 14.3 Å². The number of hydrogen-bond donors (Lipinski definition) is 3. The molecule has 0 saturated heterocycles. The molecule has 3 N–H and O–H groups in total. The van der Waals surface area contributed by atoms with Crippen molar-refractivity contribution in [2.75, 3.05) is 13.7 Å². The molecule has 134 valence electrons. The molecule has 0 unspecified atom stereocenters. The van der Waals surface area contributed by atoms with Crippen LogP contribution in [0.15, 0.2) is 58.3 Å². The first-order valence-electron chi connectivity index (χ1n) is 8.02. The predicted octanol–water partition coefficient (Wildman–Crippen LogP) is 2.44. The van der Waals surface area contributed by atoms with Gasteiger partial charge in [0, 0.05) is 26.1 Å². The van der Waals surface area contributed by atoms with Gasteiger partial charge in [0.1, 0.15) is 30.3 Å². The number of ether oxygens (including phenoxy) is 1. The Morgan fingerprint density at radius 1 is 1.28 bits per heavy atom. The van der Waals surface area contributed by atoms with Crippen LogP contribution in [0.4, 0.5) is 0 Å². The fourth-order valence-corrected chi connectivity index (χ4v) is 2.33. The quantitative estimate of drug-likeness (QED) is 0.604. The zero-order chi connectivity index (χ0) is 18.1. The summed E-state index contributed by atoms with van der Waals surface area (Å²) in [5, 5.41) is 29.3. The number of aliphatic hydroxyl groups is 3. The van der Waals surface area contributed by atoms with Crippen molar-refractivity contribution in [3.63, 3.8) is 0 Å². The van der Waals surface area contributed by atoms with Crippen LogP contribution in [0.3, 0.4) is 0 Å². The molecule has 0 bridgehead atoms. The highest BCUT2D eigenvalue weighted by Gasteiger charge is 2.12. The van der Waals surface area contributed by atoms with Crippen LogP contribution in [0.2, 0.25) is 0 Å². The van der Waals surface area contributed by atoms with Crippen LogP contribution >= 0.6 is 0 Å². The van der Waals surface area contributed by atoms with Gasteiger partial charge in [-0.15, -0.1) is 5.73 Å². The average molecular weight is 345 g/mol. The van der Waals surface area contributed by atoms with Crippen molar-refractivity contribution >= 4 is 0 Å². The fraction of sp³-hybridized carbons (Fsp3) is 0.368. The van der Waals surface area contributed by atoms with E-state index in [2.05, 4.69) is 10.7 Å². The van der Waals surface area contributed by atoms with Gasteiger partial charge in [-0.25, -0.2) is 0 Å². The SMILES string of the molecule is COCC(=C=CC[C@@H](O)c1ccc(CO)o1)C[C@@H](O)c1ccccn1. The molecule has 2 atom stereocenters. The highest BCUT2D eigenvalue weighted by atomic mass is 16.5. The van der Waals surface area contributed by atoms with E-state index >= 15 is 0 Å². The number of methoxy groups -OCH3 is 1. The molecule has 25 heavy (non-hydrogen) atoms. The molecule has 0 aliphatic carbocycles. The smallest absolute Gasteiger partial charge is 0.133 e. The first kappa shape index (κ1) is 19.1. The molecule has 0 aliphatic rings. The molecule has 2 heterocycles. The maximum Gasteiger partial charge on any atom is 0.133 e. The van der Waals surface area contributed by atoms with Gasteiger partial charge in [-0.05, 0) is 35.9 Å². The summed E-state index contributed by atoms with van der Waals surface area (Å²) in [6, 6.07) is 8.63. The highest BCUT2D eigenvalue weighted by molar-refractivity contribution is 5.13. The minimum atomic E-state index is -0.822. The third-order valence-corrected chi connectivity index (χ3v) is 3.60. The van der Waals surface area contributed by atoms with Crippen molar-refractivity contribution in [2.24, 2.45) is 0 Å². The van der Waals surface area contributed by atoms with Crippen LogP contribution in [0, 0.1) is 0 Å². The van der Waals surface area contributed by atoms with E-state index in [9.17, 15) is 10.2 Å². The predicted molar refractivity (Wildman–Crippen MR) is 91.5 cm³/mol. The summed E-state index contributed by atoms with van der Waals surface area (Å²) in [5.41, 5.74) is 4.43. The molecule has 0 aromatic carbocycles. The second-order valence-corrected chi connectivity index (χ2v) is 5.57. The maximum atomic E-state index is 10.3. The number of nitrogens with zero attached hydrogens (tertiary/aromatic N) is 1. The van der Waals surface area contributed by atoms with Gasteiger partial charge in [-0.1, -0.05) is 6.07 Å². The third-order valence-electron chi connectivity index (χ3n) is 3.60. The number of aliphatic hydroxyl groups excluding tert-OH is 3. The van der Waals surface area contributed by atoms with Crippen molar-refractivity contribution in [3.05, 3.63) is 71.1 Å². The Labute approximate surface area is 146 Å². The molecule has 6 heteroatoms. The molecule has 0 saturated carbocycles. The van der Waals surface area contributed by atoms with Gasteiger partial charge in [0.2, 0.25) is 0 Å². The number of hydrogen-bond acceptors (Lipinski definition) is 6. The molecular weight excluding hydrogens is 322 g/mol. The number of rotatable bonds is 9. The normalized spacial score (nSPS) is 13.1. The largest absolute Gasteiger partial charge is 0.461 e. The van der Waals surface area contributed by atoms with Crippen molar-refractivity contribution < 1.29 is 24.5 Å². The molecule has 0 spiro atoms. The fourth-order valence-electron chi connectivity index (χ4n) is 2.33. The summed E-state index contributed by atoms with van der Waals surface area (Å²) in [6.07, 6.45) is 2.39. The monoisotopic (exact) mass is 345 g/mol. The van der Waals surface area contributed by atoms with Crippen LogP contribution in [-0.2, 0) is 11.3 Å². The van der Waals surface area contributed by atoms with Gasteiger partial charge >= 0.3 is 0 Å². The van der Waals surface area contributed by atoms with Gasteiger partial charge in [0.25, 0.3) is 0 Å². The lowest BCUT2D eigenvalue weighted by atomic mass is 10.1. The first-order valence-corrected chi connectivity index (χ1v) is 8.02. The van der Waals surface area contributed by atoms with Crippen molar-refractivity contribution in [1.29, 1.82) is 0 Å². The Balaban J connectivity index is 2.01. The summed E-state index contributed by atoms with van der Waals surface area (Å²) in [7, 11) is 1.57. The van der Waals surface area contributed by atoms with E-state index in [1.165, 1.54) is 0 Å². The van der Waals surface area contributed by atoms with Crippen LogP contribution in [0.5, 0.6) is 0 Å². The molecular formula is C19H23NO5. The van der Waals surface area contributed by atoms with Crippen LogP contribution < -0.4 is 0 Å². The molecule has 0 amide bonds. The average Bonchev–Trinajstić information content (AvgIpc) is 3.12. The number of pyridine rings is 1. The van der Waals surface area contributed by atoms with E-state index in [-0.39, 0.29) is 6.61 Å². The highest BCUT2D eigenvalue weighted by Crippen LogP contribution is 2.21. The molecule has 0 fully saturated rings. The van der Waals surface area contributed by atoms with E-state index in [1.807, 2.05) is 6.07 Å². The number of aromatic nitrogens is 1. The van der Waals surface area contributed by atoms with Gasteiger partial charge in [-0.3, -0.25) is 4.98 Å². The zero-order valence-electron chi connectivity index (χ0n) is 14.1. The lowest BCUT2D eigenvalue weighted by molar-refractivity contribution is 0.145. The Hall–Kier alpha value is -2.21. The lowest BCUT2D eigenvalue weighted by Crippen LogP contribution is -2.04. The van der Waals surface area contributed by atoms with Crippen molar-refractivity contribution in [3.8, 4) is 0 Å². The molecule has 2 rings (SSSR count).